The van der Waals surface area contributed by atoms with E-state index in [-0.39, 0.29) is 6.04 Å². The Balaban J connectivity index is 2.76. The molecule has 0 saturated carbocycles. The molecule has 6 nitrogen and oxygen atoms in total. The van der Waals surface area contributed by atoms with Crippen molar-refractivity contribution in [1.82, 2.24) is 9.62 Å². The van der Waals surface area contributed by atoms with Gasteiger partial charge in [0.2, 0.25) is 10.0 Å². The minimum Gasteiger partial charge on any atom is -0.316 e. The van der Waals surface area contributed by atoms with Crippen LogP contribution in [0, 0.1) is 0 Å². The predicted octanol–water partition coefficient (Wildman–Crippen LogP) is -0.998. The van der Waals surface area contributed by atoms with Crippen LogP contribution in [-0.4, -0.2) is 58.7 Å². The summed E-state index contributed by atoms with van der Waals surface area (Å²) in [7, 11) is -5.41. The van der Waals surface area contributed by atoms with Crippen LogP contribution in [0.5, 0.6) is 0 Å². The highest BCUT2D eigenvalue weighted by molar-refractivity contribution is 8.06. The Hall–Kier alpha value is -0.180. The number of likely N-dealkylation sites (N-methyl/N-ethyl adjacent to an activating group) is 1. The maximum absolute atomic E-state index is 11.8. The number of sulfone groups is 1. The predicted molar refractivity (Wildman–Crippen MR) is 62.3 cm³/mol. The van der Waals surface area contributed by atoms with E-state index in [1.807, 2.05) is 0 Å². The molecule has 1 saturated heterocycles. The topological polar surface area (TPSA) is 83.6 Å². The second kappa shape index (κ2) is 4.99. The standard InChI is InChI=1S/C8H18N2O4S2/c1-9-8-4-3-5-10(6-8)16(13,14)7-15(2,11)12/h8-9H,3-7H2,1-2H3. The molecule has 1 N–H and O–H groups in total. The number of nitrogens with zero attached hydrogens (tertiary/aromatic N) is 1. The lowest BCUT2D eigenvalue weighted by Gasteiger charge is -2.31. The quantitative estimate of drug-likeness (QED) is 0.708. The summed E-state index contributed by atoms with van der Waals surface area (Å²) in [6, 6.07) is 0.114. The summed E-state index contributed by atoms with van der Waals surface area (Å²) in [6.45, 7) is 0.768. The average Bonchev–Trinajstić information content (AvgIpc) is 2.14. The first kappa shape index (κ1) is 13.9. The number of hydrogen-bond acceptors (Lipinski definition) is 5. The van der Waals surface area contributed by atoms with Gasteiger partial charge in [-0.2, -0.15) is 4.31 Å². The Morgan fingerprint density at radius 1 is 1.31 bits per heavy atom. The second-order valence-electron chi connectivity index (χ2n) is 4.14. The fraction of sp³-hybridized carbons (Fsp3) is 1.00. The summed E-state index contributed by atoms with van der Waals surface area (Å²) in [6.07, 6.45) is 2.61. The van der Waals surface area contributed by atoms with Crippen LogP contribution in [0.4, 0.5) is 0 Å². The lowest BCUT2D eigenvalue weighted by Crippen LogP contribution is -2.48. The van der Waals surface area contributed by atoms with Gasteiger partial charge in [0, 0.05) is 25.4 Å². The molecule has 1 heterocycles. The largest absolute Gasteiger partial charge is 0.316 e. The molecule has 0 spiro atoms. The second-order valence-corrected chi connectivity index (χ2v) is 8.62. The number of hydrogen-bond donors (Lipinski definition) is 1. The molecular formula is C8H18N2O4S2. The van der Waals surface area contributed by atoms with E-state index in [4.69, 9.17) is 0 Å². The highest BCUT2D eigenvalue weighted by atomic mass is 32.3. The Kier molecular flexibility index (Phi) is 4.33. The number of sulfonamides is 1. The van der Waals surface area contributed by atoms with E-state index in [2.05, 4.69) is 5.32 Å². The van der Waals surface area contributed by atoms with Gasteiger partial charge in [0.1, 0.15) is 0 Å². The van der Waals surface area contributed by atoms with Gasteiger partial charge in [-0.1, -0.05) is 0 Å². The molecule has 16 heavy (non-hydrogen) atoms. The van der Waals surface area contributed by atoms with E-state index in [1.165, 1.54) is 4.31 Å². The first-order valence-corrected chi connectivity index (χ1v) is 8.74. The molecule has 0 amide bonds. The minimum absolute atomic E-state index is 0.114. The molecule has 0 aromatic rings. The third kappa shape index (κ3) is 4.00. The van der Waals surface area contributed by atoms with Gasteiger partial charge in [-0.05, 0) is 19.9 Å². The van der Waals surface area contributed by atoms with Crippen LogP contribution < -0.4 is 5.32 Å². The van der Waals surface area contributed by atoms with Crippen molar-refractivity contribution in [2.24, 2.45) is 0 Å². The van der Waals surface area contributed by atoms with E-state index in [9.17, 15) is 16.8 Å². The molecule has 0 aromatic carbocycles. The zero-order valence-corrected chi connectivity index (χ0v) is 11.1. The van der Waals surface area contributed by atoms with Crippen LogP contribution in [0.15, 0.2) is 0 Å². The molecule has 1 aliphatic heterocycles. The summed E-state index contributed by atoms with van der Waals surface area (Å²) in [5, 5.41) is 2.22. The van der Waals surface area contributed by atoms with Gasteiger partial charge in [0.05, 0.1) is 0 Å². The Morgan fingerprint density at radius 2 is 1.94 bits per heavy atom. The monoisotopic (exact) mass is 270 g/mol. The summed E-state index contributed by atoms with van der Waals surface area (Å²) in [5.74, 6) is 0. The summed E-state index contributed by atoms with van der Waals surface area (Å²) in [5.41, 5.74) is 0. The van der Waals surface area contributed by atoms with Gasteiger partial charge in [-0.15, -0.1) is 0 Å². The SMILES string of the molecule is CNC1CCCN(S(=O)(=O)CS(C)(=O)=O)C1. The first-order valence-electron chi connectivity index (χ1n) is 5.07. The Bertz CT molecular complexity index is 429. The average molecular weight is 270 g/mol. The fourth-order valence-electron chi connectivity index (χ4n) is 1.78. The first-order chi connectivity index (χ1) is 7.24. The van der Waals surface area contributed by atoms with Gasteiger partial charge < -0.3 is 5.32 Å². The molecule has 0 aliphatic carbocycles. The molecule has 8 heteroatoms. The lowest BCUT2D eigenvalue weighted by atomic mass is 10.1. The van der Waals surface area contributed by atoms with E-state index < -0.39 is 24.9 Å². The summed E-state index contributed by atoms with van der Waals surface area (Å²) in [4.78, 5) is 0. The van der Waals surface area contributed by atoms with Crippen LogP contribution in [0.3, 0.4) is 0 Å². The molecule has 96 valence electrons. The smallest absolute Gasteiger partial charge is 0.228 e. The van der Waals surface area contributed by atoms with Crippen molar-refractivity contribution in [1.29, 1.82) is 0 Å². The maximum atomic E-state index is 11.8. The van der Waals surface area contributed by atoms with Crippen molar-refractivity contribution in [3.05, 3.63) is 0 Å². The van der Waals surface area contributed by atoms with Crippen LogP contribution in [0.25, 0.3) is 0 Å². The van der Waals surface area contributed by atoms with E-state index >= 15 is 0 Å². The molecule has 1 aliphatic rings. The van der Waals surface area contributed by atoms with Gasteiger partial charge in [-0.25, -0.2) is 16.8 Å². The highest BCUT2D eigenvalue weighted by Crippen LogP contribution is 2.15. The van der Waals surface area contributed by atoms with Crippen LogP contribution in [-0.2, 0) is 19.9 Å². The Labute approximate surface area is 97.0 Å². The van der Waals surface area contributed by atoms with E-state index in [1.54, 1.807) is 7.05 Å². The lowest BCUT2D eigenvalue weighted by molar-refractivity contribution is 0.294. The maximum Gasteiger partial charge on any atom is 0.228 e. The van der Waals surface area contributed by atoms with Gasteiger partial charge in [0.15, 0.2) is 14.9 Å². The van der Waals surface area contributed by atoms with Gasteiger partial charge >= 0.3 is 0 Å². The molecule has 0 radical (unpaired) electrons. The van der Waals surface area contributed by atoms with Crippen molar-refractivity contribution < 1.29 is 16.8 Å². The molecule has 1 atom stereocenters. The zero-order valence-electron chi connectivity index (χ0n) is 9.51. The van der Waals surface area contributed by atoms with Crippen LogP contribution in [0.2, 0.25) is 0 Å². The van der Waals surface area contributed by atoms with Crippen molar-refractivity contribution in [2.45, 2.75) is 18.9 Å². The van der Waals surface area contributed by atoms with Crippen LogP contribution in [0.1, 0.15) is 12.8 Å². The van der Waals surface area contributed by atoms with Crippen molar-refractivity contribution in [2.75, 3.05) is 31.5 Å². The molecule has 1 unspecified atom stereocenters. The van der Waals surface area contributed by atoms with Crippen molar-refractivity contribution in [3.8, 4) is 0 Å². The third-order valence-corrected chi connectivity index (χ3v) is 6.57. The molecule has 1 fully saturated rings. The van der Waals surface area contributed by atoms with Crippen molar-refractivity contribution in [3.63, 3.8) is 0 Å². The van der Waals surface area contributed by atoms with Gasteiger partial charge in [0.25, 0.3) is 0 Å². The molecule has 0 bridgehead atoms. The Morgan fingerprint density at radius 3 is 2.44 bits per heavy atom. The van der Waals surface area contributed by atoms with Crippen LogP contribution >= 0.6 is 0 Å². The van der Waals surface area contributed by atoms with Crippen molar-refractivity contribution >= 4 is 19.9 Å². The fourth-order valence-corrected chi connectivity index (χ4v) is 5.35. The molecule has 1 rings (SSSR count). The number of piperidine rings is 1. The van der Waals surface area contributed by atoms with E-state index in [0.717, 1.165) is 19.1 Å². The number of nitrogens with one attached hydrogen (secondary N) is 1. The number of rotatable bonds is 4. The highest BCUT2D eigenvalue weighted by Gasteiger charge is 2.30. The molecule has 0 aromatic heterocycles. The summed E-state index contributed by atoms with van der Waals surface area (Å²) < 4.78 is 46.9. The van der Waals surface area contributed by atoms with E-state index in [0.29, 0.717) is 13.1 Å². The normalized spacial score (nSPS) is 24.5. The summed E-state index contributed by atoms with van der Waals surface area (Å²) >= 11 is 0. The zero-order chi connectivity index (χ0) is 12.4. The minimum atomic E-state index is -3.68. The van der Waals surface area contributed by atoms with Gasteiger partial charge in [-0.3, -0.25) is 0 Å². The molecular weight excluding hydrogens is 252 g/mol. The third-order valence-electron chi connectivity index (χ3n) is 2.55.